The molecule has 1 aliphatic rings. The second-order valence-corrected chi connectivity index (χ2v) is 2.83. The highest BCUT2D eigenvalue weighted by molar-refractivity contribution is 5.37. The van der Waals surface area contributed by atoms with Gasteiger partial charge in [-0.25, -0.2) is 4.98 Å². The van der Waals surface area contributed by atoms with Crippen LogP contribution in [0.4, 0.5) is 5.82 Å². The van der Waals surface area contributed by atoms with Crippen molar-refractivity contribution in [2.75, 3.05) is 5.73 Å². The zero-order chi connectivity index (χ0) is 7.84. The van der Waals surface area contributed by atoms with Crippen molar-refractivity contribution in [3.8, 4) is 0 Å². The van der Waals surface area contributed by atoms with Crippen LogP contribution in [0.1, 0.15) is 23.8 Å². The Morgan fingerprint density at radius 3 is 3.18 bits per heavy atom. The van der Waals surface area contributed by atoms with E-state index in [1.54, 1.807) is 6.07 Å². The molecule has 1 unspecified atom stereocenters. The van der Waals surface area contributed by atoms with Gasteiger partial charge >= 0.3 is 0 Å². The van der Waals surface area contributed by atoms with Crippen molar-refractivity contribution in [1.29, 1.82) is 0 Å². The number of nitrogen functional groups attached to an aromatic ring is 1. The Kier molecular flexibility index (Phi) is 1.32. The normalized spacial score (nSPS) is 21.7. The molecule has 0 aliphatic heterocycles. The van der Waals surface area contributed by atoms with Gasteiger partial charge in [0, 0.05) is 0 Å². The third-order valence-corrected chi connectivity index (χ3v) is 2.04. The van der Waals surface area contributed by atoms with Crippen LogP contribution in [0.25, 0.3) is 0 Å². The van der Waals surface area contributed by atoms with E-state index in [4.69, 9.17) is 5.73 Å². The lowest BCUT2D eigenvalue weighted by atomic mass is 10.2. The largest absolute Gasteiger partial charge is 0.387 e. The molecule has 0 radical (unpaired) electrons. The zero-order valence-electron chi connectivity index (χ0n) is 6.12. The van der Waals surface area contributed by atoms with Crippen LogP contribution in [0.5, 0.6) is 0 Å². The number of hydrogen-bond donors (Lipinski definition) is 2. The fourth-order valence-corrected chi connectivity index (χ4v) is 1.45. The lowest BCUT2D eigenvalue weighted by Crippen LogP contribution is -1.98. The molecule has 0 bridgehead atoms. The van der Waals surface area contributed by atoms with Gasteiger partial charge in [-0.3, -0.25) is 0 Å². The Morgan fingerprint density at radius 2 is 2.36 bits per heavy atom. The average molecular weight is 150 g/mol. The van der Waals surface area contributed by atoms with Gasteiger partial charge in [-0.2, -0.15) is 0 Å². The summed E-state index contributed by atoms with van der Waals surface area (Å²) in [6.07, 6.45) is 1.31. The monoisotopic (exact) mass is 150 g/mol. The summed E-state index contributed by atoms with van der Waals surface area (Å²) in [5.74, 6) is 0.490. The molecule has 1 heterocycles. The molecular weight excluding hydrogens is 140 g/mol. The van der Waals surface area contributed by atoms with Crippen LogP contribution in [-0.2, 0) is 6.42 Å². The van der Waals surface area contributed by atoms with E-state index in [1.165, 1.54) is 0 Å². The van der Waals surface area contributed by atoms with Gasteiger partial charge in [-0.15, -0.1) is 0 Å². The molecular formula is C8H10N2O. The van der Waals surface area contributed by atoms with Crippen molar-refractivity contribution < 1.29 is 5.11 Å². The molecule has 0 spiro atoms. The molecule has 0 aromatic carbocycles. The zero-order valence-corrected chi connectivity index (χ0v) is 6.12. The number of hydrogen-bond acceptors (Lipinski definition) is 3. The fraction of sp³-hybridized carbons (Fsp3) is 0.375. The first-order valence-corrected chi connectivity index (χ1v) is 3.71. The summed E-state index contributed by atoms with van der Waals surface area (Å²) >= 11 is 0. The van der Waals surface area contributed by atoms with E-state index < -0.39 is 6.10 Å². The van der Waals surface area contributed by atoms with Gasteiger partial charge in [0.25, 0.3) is 0 Å². The van der Waals surface area contributed by atoms with Crippen molar-refractivity contribution in [3.05, 3.63) is 23.4 Å². The van der Waals surface area contributed by atoms with E-state index in [9.17, 15) is 5.11 Å². The Morgan fingerprint density at radius 1 is 1.55 bits per heavy atom. The molecule has 58 valence electrons. The predicted molar refractivity (Wildman–Crippen MR) is 41.9 cm³/mol. The van der Waals surface area contributed by atoms with Crippen molar-refractivity contribution in [2.45, 2.75) is 18.9 Å². The molecule has 1 aromatic rings. The molecule has 0 fully saturated rings. The van der Waals surface area contributed by atoms with Crippen molar-refractivity contribution in [3.63, 3.8) is 0 Å². The minimum absolute atomic E-state index is 0.395. The topological polar surface area (TPSA) is 59.1 Å². The molecule has 0 saturated carbocycles. The molecule has 3 heteroatoms. The van der Waals surface area contributed by atoms with Gasteiger partial charge in [0.15, 0.2) is 0 Å². The highest BCUT2D eigenvalue weighted by Gasteiger charge is 2.21. The van der Waals surface area contributed by atoms with E-state index in [2.05, 4.69) is 4.98 Å². The Balaban J connectivity index is 2.52. The molecule has 11 heavy (non-hydrogen) atoms. The van der Waals surface area contributed by atoms with Crippen molar-refractivity contribution in [2.24, 2.45) is 0 Å². The van der Waals surface area contributed by atoms with E-state index in [0.29, 0.717) is 5.82 Å². The van der Waals surface area contributed by atoms with Gasteiger partial charge in [-0.05, 0) is 24.5 Å². The van der Waals surface area contributed by atoms with E-state index in [1.807, 2.05) is 6.07 Å². The predicted octanol–water partition coefficient (Wildman–Crippen LogP) is 0.643. The first-order chi connectivity index (χ1) is 5.27. The molecule has 0 amide bonds. The number of rotatable bonds is 0. The quantitative estimate of drug-likeness (QED) is 0.570. The Labute approximate surface area is 64.9 Å². The van der Waals surface area contributed by atoms with Crippen LogP contribution in [0.15, 0.2) is 12.1 Å². The van der Waals surface area contributed by atoms with Crippen molar-refractivity contribution in [1.82, 2.24) is 4.98 Å². The molecule has 3 N–H and O–H groups in total. The third-order valence-electron chi connectivity index (χ3n) is 2.04. The van der Waals surface area contributed by atoms with Crippen LogP contribution < -0.4 is 5.73 Å². The van der Waals surface area contributed by atoms with Gasteiger partial charge in [0.2, 0.25) is 0 Å². The molecule has 1 aliphatic carbocycles. The summed E-state index contributed by atoms with van der Waals surface area (Å²) in [6, 6.07) is 3.71. The smallest absolute Gasteiger partial charge is 0.123 e. The standard InChI is InChI=1S/C8H10N2O/c9-7-4-2-5-1-3-6(11)8(5)10-7/h2,4,6,11H,1,3H2,(H2,9,10). The first kappa shape index (κ1) is 6.61. The third kappa shape index (κ3) is 0.973. The van der Waals surface area contributed by atoms with E-state index in [0.717, 1.165) is 24.1 Å². The number of aromatic nitrogens is 1. The summed E-state index contributed by atoms with van der Waals surface area (Å²) in [7, 11) is 0. The van der Waals surface area contributed by atoms with Crippen LogP contribution in [0.3, 0.4) is 0 Å². The average Bonchev–Trinajstić information content (AvgIpc) is 2.33. The maximum Gasteiger partial charge on any atom is 0.123 e. The van der Waals surface area contributed by atoms with Gasteiger partial charge in [0.1, 0.15) is 5.82 Å². The lowest BCUT2D eigenvalue weighted by Gasteiger charge is -2.02. The summed E-state index contributed by atoms with van der Waals surface area (Å²) in [5.41, 5.74) is 7.37. The lowest BCUT2D eigenvalue weighted by molar-refractivity contribution is 0.176. The van der Waals surface area contributed by atoms with Crippen LogP contribution in [0.2, 0.25) is 0 Å². The highest BCUT2D eigenvalue weighted by Crippen LogP contribution is 2.29. The molecule has 1 aromatic heterocycles. The number of aryl methyl sites for hydroxylation is 1. The summed E-state index contributed by atoms with van der Waals surface area (Å²) < 4.78 is 0. The van der Waals surface area contributed by atoms with Crippen LogP contribution >= 0.6 is 0 Å². The number of nitrogens with zero attached hydrogens (tertiary/aromatic N) is 1. The highest BCUT2D eigenvalue weighted by atomic mass is 16.3. The number of anilines is 1. The second kappa shape index (κ2) is 2.20. The maximum absolute atomic E-state index is 9.39. The Hall–Kier alpha value is -1.09. The number of fused-ring (bicyclic) bond motifs is 1. The second-order valence-electron chi connectivity index (χ2n) is 2.83. The van der Waals surface area contributed by atoms with Crippen LogP contribution in [-0.4, -0.2) is 10.1 Å². The van der Waals surface area contributed by atoms with Gasteiger partial charge in [0.05, 0.1) is 11.8 Å². The fourth-order valence-electron chi connectivity index (χ4n) is 1.45. The SMILES string of the molecule is Nc1ccc2c(n1)C(O)CC2. The molecule has 1 atom stereocenters. The van der Waals surface area contributed by atoms with Gasteiger partial charge in [-0.1, -0.05) is 6.07 Å². The molecule has 0 saturated heterocycles. The minimum atomic E-state index is -0.395. The van der Waals surface area contributed by atoms with Crippen LogP contribution in [0, 0.1) is 0 Å². The Bertz CT molecular complexity index is 285. The summed E-state index contributed by atoms with van der Waals surface area (Å²) in [6.45, 7) is 0. The van der Waals surface area contributed by atoms with Crippen molar-refractivity contribution >= 4 is 5.82 Å². The van der Waals surface area contributed by atoms with E-state index in [-0.39, 0.29) is 0 Å². The molecule has 3 nitrogen and oxygen atoms in total. The number of aliphatic hydroxyl groups is 1. The summed E-state index contributed by atoms with van der Waals surface area (Å²) in [4.78, 5) is 4.06. The maximum atomic E-state index is 9.39. The first-order valence-electron chi connectivity index (χ1n) is 3.71. The number of pyridine rings is 1. The summed E-state index contributed by atoms with van der Waals surface area (Å²) in [5, 5.41) is 9.39. The number of aliphatic hydroxyl groups excluding tert-OH is 1. The number of nitrogens with two attached hydrogens (primary N) is 1. The molecule has 2 rings (SSSR count). The van der Waals surface area contributed by atoms with E-state index >= 15 is 0 Å². The van der Waals surface area contributed by atoms with Gasteiger partial charge < -0.3 is 10.8 Å². The minimum Gasteiger partial charge on any atom is -0.387 e.